The van der Waals surface area contributed by atoms with E-state index < -0.39 is 0 Å². The first-order valence-electron chi connectivity index (χ1n) is 6.04. The molecule has 0 atom stereocenters. The summed E-state index contributed by atoms with van der Waals surface area (Å²) in [5.41, 5.74) is 3.13. The van der Waals surface area contributed by atoms with Crippen molar-refractivity contribution in [3.05, 3.63) is 54.4 Å². The van der Waals surface area contributed by atoms with Crippen molar-refractivity contribution in [1.29, 1.82) is 0 Å². The van der Waals surface area contributed by atoms with Gasteiger partial charge >= 0.3 is 0 Å². The van der Waals surface area contributed by atoms with Gasteiger partial charge in [0, 0.05) is 31.9 Å². The standard InChI is InChI=1S/C15H14N2O2/c1-16(11-6-4-3-5-7-11)15(18)13-10-14-12(17(13)2)8-9-19-14/h3-10H,1-2H3. The molecule has 0 saturated heterocycles. The minimum atomic E-state index is -0.0555. The predicted molar refractivity (Wildman–Crippen MR) is 74.4 cm³/mol. The highest BCUT2D eigenvalue weighted by Crippen LogP contribution is 2.22. The van der Waals surface area contributed by atoms with Crippen LogP contribution in [0.15, 0.2) is 53.1 Å². The van der Waals surface area contributed by atoms with Crippen LogP contribution in [0.3, 0.4) is 0 Å². The van der Waals surface area contributed by atoms with Gasteiger partial charge < -0.3 is 13.9 Å². The molecule has 3 rings (SSSR count). The summed E-state index contributed by atoms with van der Waals surface area (Å²) in [5.74, 6) is -0.0555. The summed E-state index contributed by atoms with van der Waals surface area (Å²) >= 11 is 0. The van der Waals surface area contributed by atoms with Gasteiger partial charge in [-0.15, -0.1) is 0 Å². The van der Waals surface area contributed by atoms with Crippen molar-refractivity contribution in [3.8, 4) is 0 Å². The van der Waals surface area contributed by atoms with Gasteiger partial charge in [0.1, 0.15) is 5.69 Å². The number of carbonyl (C=O) groups is 1. The highest BCUT2D eigenvalue weighted by molar-refractivity contribution is 6.07. The number of furan rings is 1. The Morgan fingerprint density at radius 3 is 2.63 bits per heavy atom. The molecule has 1 aromatic carbocycles. The normalized spacial score (nSPS) is 10.8. The van der Waals surface area contributed by atoms with Gasteiger partial charge in [0.15, 0.2) is 5.58 Å². The van der Waals surface area contributed by atoms with Crippen LogP contribution in [0.25, 0.3) is 11.1 Å². The average Bonchev–Trinajstić information content (AvgIpc) is 3.02. The molecule has 0 aliphatic rings. The number of carbonyl (C=O) groups excluding carboxylic acids is 1. The fourth-order valence-corrected chi connectivity index (χ4v) is 2.20. The number of benzene rings is 1. The highest BCUT2D eigenvalue weighted by Gasteiger charge is 2.19. The number of fused-ring (bicyclic) bond motifs is 1. The molecule has 2 aromatic heterocycles. The Labute approximate surface area is 110 Å². The molecule has 0 unspecified atom stereocenters. The van der Waals surface area contributed by atoms with E-state index >= 15 is 0 Å². The number of nitrogens with zero attached hydrogens (tertiary/aromatic N) is 2. The summed E-state index contributed by atoms with van der Waals surface area (Å²) in [6.45, 7) is 0. The molecule has 4 nitrogen and oxygen atoms in total. The quantitative estimate of drug-likeness (QED) is 0.705. The van der Waals surface area contributed by atoms with Crippen LogP contribution < -0.4 is 4.90 Å². The van der Waals surface area contributed by atoms with E-state index in [9.17, 15) is 4.79 Å². The molecule has 0 fully saturated rings. The second-order valence-electron chi connectivity index (χ2n) is 4.46. The smallest absolute Gasteiger partial charge is 0.274 e. The average molecular weight is 254 g/mol. The molecule has 19 heavy (non-hydrogen) atoms. The molecule has 2 heterocycles. The fourth-order valence-electron chi connectivity index (χ4n) is 2.20. The maximum Gasteiger partial charge on any atom is 0.274 e. The van der Waals surface area contributed by atoms with Crippen molar-refractivity contribution in [1.82, 2.24) is 4.57 Å². The SMILES string of the molecule is CN(C(=O)c1cc2occc2n1C)c1ccccc1. The maximum atomic E-state index is 12.5. The molecule has 96 valence electrons. The molecular formula is C15H14N2O2. The number of para-hydroxylation sites is 1. The first-order valence-corrected chi connectivity index (χ1v) is 6.04. The summed E-state index contributed by atoms with van der Waals surface area (Å²) < 4.78 is 7.17. The highest BCUT2D eigenvalue weighted by atomic mass is 16.3. The number of aryl methyl sites for hydroxylation is 1. The number of rotatable bonds is 2. The number of anilines is 1. The monoisotopic (exact) mass is 254 g/mol. The van der Waals surface area contributed by atoms with E-state index in [4.69, 9.17) is 4.42 Å². The molecule has 0 aliphatic carbocycles. The van der Waals surface area contributed by atoms with Gasteiger partial charge in [0.25, 0.3) is 5.91 Å². The van der Waals surface area contributed by atoms with Crippen LogP contribution in [-0.2, 0) is 7.05 Å². The first kappa shape index (κ1) is 11.6. The summed E-state index contributed by atoms with van der Waals surface area (Å²) in [5, 5.41) is 0. The Morgan fingerprint density at radius 2 is 1.95 bits per heavy atom. The predicted octanol–water partition coefficient (Wildman–Crippen LogP) is 3.05. The summed E-state index contributed by atoms with van der Waals surface area (Å²) in [4.78, 5) is 14.1. The molecular weight excluding hydrogens is 240 g/mol. The van der Waals surface area contributed by atoms with E-state index in [1.54, 1.807) is 24.3 Å². The number of hydrogen-bond acceptors (Lipinski definition) is 2. The summed E-state index contributed by atoms with van der Waals surface area (Å²) in [6, 6.07) is 13.2. The Hall–Kier alpha value is -2.49. The zero-order chi connectivity index (χ0) is 13.4. The van der Waals surface area contributed by atoms with Crippen LogP contribution in [0.5, 0.6) is 0 Å². The molecule has 0 spiro atoms. The van der Waals surface area contributed by atoms with Crippen molar-refractivity contribution >= 4 is 22.7 Å². The molecule has 1 amide bonds. The second-order valence-corrected chi connectivity index (χ2v) is 4.46. The van der Waals surface area contributed by atoms with Gasteiger partial charge in [-0.1, -0.05) is 18.2 Å². The lowest BCUT2D eigenvalue weighted by atomic mass is 10.3. The summed E-state index contributed by atoms with van der Waals surface area (Å²) in [6.07, 6.45) is 1.62. The Bertz CT molecular complexity index is 725. The lowest BCUT2D eigenvalue weighted by Crippen LogP contribution is -2.27. The molecule has 4 heteroatoms. The second kappa shape index (κ2) is 4.31. The van der Waals surface area contributed by atoms with Crippen LogP contribution in [0.1, 0.15) is 10.5 Å². The molecule has 0 N–H and O–H groups in total. The van der Waals surface area contributed by atoms with Gasteiger partial charge in [-0.2, -0.15) is 0 Å². The molecule has 0 saturated carbocycles. The van der Waals surface area contributed by atoms with E-state index in [1.807, 2.05) is 48.0 Å². The van der Waals surface area contributed by atoms with Crippen molar-refractivity contribution in [2.24, 2.45) is 7.05 Å². The topological polar surface area (TPSA) is 38.4 Å². The van der Waals surface area contributed by atoms with Gasteiger partial charge in [-0.05, 0) is 12.1 Å². The summed E-state index contributed by atoms with van der Waals surface area (Å²) in [7, 11) is 3.64. The lowest BCUT2D eigenvalue weighted by molar-refractivity contribution is 0.0985. The fraction of sp³-hybridized carbons (Fsp3) is 0.133. The van der Waals surface area contributed by atoms with Crippen molar-refractivity contribution < 1.29 is 9.21 Å². The van der Waals surface area contributed by atoms with Crippen LogP contribution >= 0.6 is 0 Å². The molecule has 3 aromatic rings. The molecule has 0 bridgehead atoms. The van der Waals surface area contributed by atoms with E-state index in [0.717, 1.165) is 16.8 Å². The van der Waals surface area contributed by atoms with Gasteiger partial charge in [0.2, 0.25) is 0 Å². The van der Waals surface area contributed by atoms with Crippen LogP contribution in [-0.4, -0.2) is 17.5 Å². The molecule has 0 aliphatic heterocycles. The third-order valence-corrected chi connectivity index (χ3v) is 3.33. The first-order chi connectivity index (χ1) is 9.18. The Kier molecular flexibility index (Phi) is 2.63. The van der Waals surface area contributed by atoms with E-state index in [-0.39, 0.29) is 5.91 Å². The van der Waals surface area contributed by atoms with E-state index in [1.165, 1.54) is 0 Å². The zero-order valence-corrected chi connectivity index (χ0v) is 10.8. The van der Waals surface area contributed by atoms with Crippen LogP contribution in [0.4, 0.5) is 5.69 Å². The molecule has 0 radical (unpaired) electrons. The number of hydrogen-bond donors (Lipinski definition) is 0. The third-order valence-electron chi connectivity index (χ3n) is 3.33. The van der Waals surface area contributed by atoms with Crippen molar-refractivity contribution in [2.45, 2.75) is 0 Å². The maximum absolute atomic E-state index is 12.5. The van der Waals surface area contributed by atoms with Gasteiger partial charge in [-0.3, -0.25) is 4.79 Å². The van der Waals surface area contributed by atoms with Gasteiger partial charge in [-0.25, -0.2) is 0 Å². The Morgan fingerprint density at radius 1 is 1.21 bits per heavy atom. The van der Waals surface area contributed by atoms with Crippen molar-refractivity contribution in [2.75, 3.05) is 11.9 Å². The largest absolute Gasteiger partial charge is 0.463 e. The van der Waals surface area contributed by atoms with Crippen LogP contribution in [0, 0.1) is 0 Å². The van der Waals surface area contributed by atoms with Gasteiger partial charge in [0.05, 0.1) is 11.8 Å². The van der Waals surface area contributed by atoms with Crippen LogP contribution in [0.2, 0.25) is 0 Å². The van der Waals surface area contributed by atoms with Crippen molar-refractivity contribution in [3.63, 3.8) is 0 Å². The minimum absolute atomic E-state index is 0.0555. The number of aromatic nitrogens is 1. The Balaban J connectivity index is 2.00. The van der Waals surface area contributed by atoms with E-state index in [0.29, 0.717) is 5.69 Å². The lowest BCUT2D eigenvalue weighted by Gasteiger charge is -2.17. The minimum Gasteiger partial charge on any atom is -0.463 e. The number of amides is 1. The van der Waals surface area contributed by atoms with E-state index in [2.05, 4.69) is 0 Å². The third kappa shape index (κ3) is 1.81. The zero-order valence-electron chi connectivity index (χ0n) is 10.8.